The molecular formula is C17H28N4O. The second-order valence-corrected chi connectivity index (χ2v) is 7.90. The van der Waals surface area contributed by atoms with Gasteiger partial charge in [-0.05, 0) is 64.5 Å². The van der Waals surface area contributed by atoms with E-state index in [1.165, 1.54) is 44.9 Å². The molecule has 1 heterocycles. The molecule has 3 fully saturated rings. The smallest absolute Gasteiger partial charge is 0.318 e. The van der Waals surface area contributed by atoms with E-state index < -0.39 is 0 Å². The minimum Gasteiger partial charge on any atom is -0.408 e. The van der Waals surface area contributed by atoms with E-state index in [-0.39, 0.29) is 0 Å². The number of fused-ring (bicyclic) bond motifs is 1. The van der Waals surface area contributed by atoms with Crippen molar-refractivity contribution in [1.82, 2.24) is 15.1 Å². The van der Waals surface area contributed by atoms with E-state index in [9.17, 15) is 0 Å². The van der Waals surface area contributed by atoms with Gasteiger partial charge in [0.2, 0.25) is 5.89 Å². The largest absolute Gasteiger partial charge is 0.408 e. The maximum absolute atomic E-state index is 5.94. The van der Waals surface area contributed by atoms with E-state index in [0.717, 1.165) is 29.8 Å². The van der Waals surface area contributed by atoms with Crippen LogP contribution >= 0.6 is 0 Å². The van der Waals surface area contributed by atoms with Crippen molar-refractivity contribution in [2.75, 3.05) is 26.0 Å². The molecule has 5 heteroatoms. The van der Waals surface area contributed by atoms with Gasteiger partial charge in [0.1, 0.15) is 0 Å². The Hall–Kier alpha value is -1.10. The molecule has 3 saturated carbocycles. The number of aromatic nitrogens is 2. The summed E-state index contributed by atoms with van der Waals surface area (Å²) in [7, 11) is 6.57. The minimum absolute atomic E-state index is 0.526. The van der Waals surface area contributed by atoms with Crippen LogP contribution in [0.1, 0.15) is 56.8 Å². The Morgan fingerprint density at radius 2 is 1.55 bits per heavy atom. The summed E-state index contributed by atoms with van der Waals surface area (Å²) >= 11 is 0. The molecule has 3 aliphatic carbocycles. The van der Waals surface area contributed by atoms with Crippen molar-refractivity contribution in [3.8, 4) is 0 Å². The minimum atomic E-state index is 0.526. The second kappa shape index (κ2) is 5.52. The molecule has 0 saturated heterocycles. The van der Waals surface area contributed by atoms with Crippen LogP contribution in [-0.4, -0.2) is 48.3 Å². The van der Waals surface area contributed by atoms with Crippen molar-refractivity contribution in [2.24, 2.45) is 11.8 Å². The van der Waals surface area contributed by atoms with Crippen LogP contribution in [0.15, 0.2) is 4.42 Å². The Morgan fingerprint density at radius 3 is 2.09 bits per heavy atom. The third-order valence-electron chi connectivity index (χ3n) is 6.43. The van der Waals surface area contributed by atoms with Crippen LogP contribution in [0.5, 0.6) is 0 Å². The summed E-state index contributed by atoms with van der Waals surface area (Å²) in [6.07, 6.45) is 9.02. The molecule has 0 amide bonds. The first-order valence-corrected chi connectivity index (χ1v) is 8.84. The number of hydrogen-bond donors (Lipinski definition) is 0. The van der Waals surface area contributed by atoms with Crippen molar-refractivity contribution in [3.05, 3.63) is 5.89 Å². The molecule has 3 aliphatic rings. The van der Waals surface area contributed by atoms with Crippen LogP contribution in [0.4, 0.5) is 6.01 Å². The molecule has 2 unspecified atom stereocenters. The van der Waals surface area contributed by atoms with Crippen LogP contribution in [-0.2, 0) is 0 Å². The first-order valence-electron chi connectivity index (χ1n) is 8.84. The average Bonchev–Trinajstić information content (AvgIpc) is 3.08. The van der Waals surface area contributed by atoms with E-state index >= 15 is 0 Å². The zero-order chi connectivity index (χ0) is 15.3. The van der Waals surface area contributed by atoms with E-state index in [4.69, 9.17) is 4.42 Å². The molecule has 122 valence electrons. The third kappa shape index (κ3) is 2.43. The molecule has 0 aromatic carbocycles. The Labute approximate surface area is 133 Å². The topological polar surface area (TPSA) is 45.4 Å². The lowest BCUT2D eigenvalue weighted by Crippen LogP contribution is -2.32. The van der Waals surface area contributed by atoms with Gasteiger partial charge in [-0.3, -0.25) is 0 Å². The Morgan fingerprint density at radius 1 is 0.909 bits per heavy atom. The molecule has 0 radical (unpaired) electrons. The summed E-state index contributed by atoms with van der Waals surface area (Å²) in [4.78, 5) is 4.65. The van der Waals surface area contributed by atoms with E-state index in [1.54, 1.807) is 0 Å². The van der Waals surface area contributed by atoms with Gasteiger partial charge in [0, 0.05) is 25.0 Å². The van der Waals surface area contributed by atoms with E-state index in [1.807, 2.05) is 0 Å². The van der Waals surface area contributed by atoms with Crippen molar-refractivity contribution in [3.63, 3.8) is 0 Å². The molecule has 1 aromatic heterocycles. The van der Waals surface area contributed by atoms with Crippen LogP contribution in [0.25, 0.3) is 0 Å². The SMILES string of the molecule is CN(C)C1C[C@@H]2CC(N(C)c3nnc(C4CCC4)o3)C[C@@H]2C1. The summed E-state index contributed by atoms with van der Waals surface area (Å²) in [5, 5.41) is 8.57. The number of hydrogen-bond acceptors (Lipinski definition) is 5. The first kappa shape index (κ1) is 14.5. The van der Waals surface area contributed by atoms with Gasteiger partial charge in [-0.2, -0.15) is 0 Å². The summed E-state index contributed by atoms with van der Waals surface area (Å²) in [6, 6.07) is 2.10. The molecule has 0 spiro atoms. The van der Waals surface area contributed by atoms with Gasteiger partial charge in [0.15, 0.2) is 0 Å². The molecule has 5 nitrogen and oxygen atoms in total. The Balaban J connectivity index is 1.38. The first-order chi connectivity index (χ1) is 10.6. The predicted molar refractivity (Wildman–Crippen MR) is 86.0 cm³/mol. The lowest BCUT2D eigenvalue weighted by atomic mass is 9.85. The third-order valence-corrected chi connectivity index (χ3v) is 6.43. The highest BCUT2D eigenvalue weighted by atomic mass is 16.4. The Kier molecular flexibility index (Phi) is 3.63. The van der Waals surface area contributed by atoms with Gasteiger partial charge in [-0.15, -0.1) is 5.10 Å². The summed E-state index contributed by atoms with van der Waals surface area (Å²) in [6.45, 7) is 0. The lowest BCUT2D eigenvalue weighted by Gasteiger charge is -2.25. The molecule has 4 atom stereocenters. The van der Waals surface area contributed by atoms with Crippen LogP contribution in [0.3, 0.4) is 0 Å². The summed E-state index contributed by atoms with van der Waals surface area (Å²) < 4.78 is 5.94. The molecular weight excluding hydrogens is 276 g/mol. The number of rotatable bonds is 4. The molecule has 22 heavy (non-hydrogen) atoms. The molecule has 0 aliphatic heterocycles. The van der Waals surface area contributed by atoms with Gasteiger partial charge in [0.05, 0.1) is 0 Å². The standard InChI is InChI=1S/C17H28N4O/c1-20(2)14-7-12-9-15(10-13(12)8-14)21(3)17-19-18-16(22-17)11-5-4-6-11/h11-15H,4-10H2,1-3H3/t12-,13+,14?,15?. The average molecular weight is 304 g/mol. The fourth-order valence-corrected chi connectivity index (χ4v) is 4.64. The van der Waals surface area contributed by atoms with Crippen molar-refractivity contribution in [1.29, 1.82) is 0 Å². The van der Waals surface area contributed by atoms with Crippen LogP contribution in [0, 0.1) is 11.8 Å². The fourth-order valence-electron chi connectivity index (χ4n) is 4.64. The molecule has 1 aromatic rings. The Bertz CT molecular complexity index is 510. The van der Waals surface area contributed by atoms with E-state index in [2.05, 4.69) is 41.1 Å². The molecule has 0 bridgehead atoms. The quantitative estimate of drug-likeness (QED) is 0.856. The van der Waals surface area contributed by atoms with Gasteiger partial charge < -0.3 is 14.2 Å². The number of anilines is 1. The van der Waals surface area contributed by atoms with Crippen LogP contribution in [0.2, 0.25) is 0 Å². The van der Waals surface area contributed by atoms with Crippen molar-refractivity contribution in [2.45, 2.75) is 62.9 Å². The van der Waals surface area contributed by atoms with Gasteiger partial charge in [0.25, 0.3) is 0 Å². The van der Waals surface area contributed by atoms with Crippen LogP contribution < -0.4 is 4.90 Å². The molecule has 4 rings (SSSR count). The van der Waals surface area contributed by atoms with Crippen molar-refractivity contribution >= 4 is 6.01 Å². The zero-order valence-corrected chi connectivity index (χ0v) is 14.0. The highest BCUT2D eigenvalue weighted by Crippen LogP contribution is 2.47. The summed E-state index contributed by atoms with van der Waals surface area (Å²) in [5.74, 6) is 3.15. The maximum Gasteiger partial charge on any atom is 0.318 e. The zero-order valence-electron chi connectivity index (χ0n) is 14.0. The second-order valence-electron chi connectivity index (χ2n) is 7.90. The number of nitrogens with zero attached hydrogens (tertiary/aromatic N) is 4. The van der Waals surface area contributed by atoms with Crippen molar-refractivity contribution < 1.29 is 4.42 Å². The van der Waals surface area contributed by atoms with Gasteiger partial charge in [-0.25, -0.2) is 0 Å². The molecule has 0 N–H and O–H groups in total. The monoisotopic (exact) mass is 304 g/mol. The lowest BCUT2D eigenvalue weighted by molar-refractivity contribution is 0.280. The predicted octanol–water partition coefficient (Wildman–Crippen LogP) is 2.89. The fraction of sp³-hybridized carbons (Fsp3) is 0.882. The summed E-state index contributed by atoms with van der Waals surface area (Å²) in [5.41, 5.74) is 0. The highest BCUT2D eigenvalue weighted by Gasteiger charge is 2.44. The highest BCUT2D eigenvalue weighted by molar-refractivity contribution is 5.26. The van der Waals surface area contributed by atoms with E-state index in [0.29, 0.717) is 12.0 Å². The normalized spacial score (nSPS) is 34.9. The van der Waals surface area contributed by atoms with Gasteiger partial charge >= 0.3 is 6.01 Å². The maximum atomic E-state index is 5.94. The van der Waals surface area contributed by atoms with Gasteiger partial charge in [-0.1, -0.05) is 11.5 Å².